The van der Waals surface area contributed by atoms with Crippen molar-refractivity contribution in [1.82, 2.24) is 20.3 Å². The van der Waals surface area contributed by atoms with Crippen molar-refractivity contribution < 1.29 is 31.1 Å². The molecule has 2 atom stereocenters. The molecule has 11 nitrogen and oxygen atoms in total. The number of amides is 1. The van der Waals surface area contributed by atoms with Crippen LogP contribution in [0.5, 0.6) is 0 Å². The molecule has 6 rings (SSSR count). The molecular formula is C35H33F2N5O6S. The number of anilines is 1. The van der Waals surface area contributed by atoms with E-state index in [1.807, 2.05) is 0 Å². The van der Waals surface area contributed by atoms with E-state index in [-0.39, 0.29) is 52.4 Å². The topological polar surface area (TPSA) is 137 Å². The van der Waals surface area contributed by atoms with Gasteiger partial charge in [0.05, 0.1) is 29.5 Å². The van der Waals surface area contributed by atoms with Gasteiger partial charge < -0.3 is 14.5 Å². The maximum absolute atomic E-state index is 14.2. The van der Waals surface area contributed by atoms with Gasteiger partial charge in [0.1, 0.15) is 34.5 Å². The number of rotatable bonds is 9. The van der Waals surface area contributed by atoms with Crippen molar-refractivity contribution >= 4 is 49.1 Å². The molecule has 1 aliphatic carbocycles. The summed E-state index contributed by atoms with van der Waals surface area (Å²) in [4.78, 5) is 27.3. The predicted octanol–water partition coefficient (Wildman–Crippen LogP) is 5.61. The molecule has 2 heterocycles. The number of hydrogen-bond donors (Lipinski definition) is 1. The first-order valence-corrected chi connectivity index (χ1v) is 17.1. The first-order chi connectivity index (χ1) is 23.3. The van der Waals surface area contributed by atoms with E-state index in [9.17, 15) is 26.8 Å². The molecule has 0 radical (unpaired) electrons. The zero-order chi connectivity index (χ0) is 35.2. The van der Waals surface area contributed by atoms with E-state index in [0.29, 0.717) is 27.6 Å². The van der Waals surface area contributed by atoms with E-state index < -0.39 is 39.3 Å². The number of carbonyl (C=O) groups is 1. The number of furan rings is 1. The average molecular weight is 690 g/mol. The molecule has 0 saturated heterocycles. The van der Waals surface area contributed by atoms with Crippen LogP contribution in [0.3, 0.4) is 0 Å². The van der Waals surface area contributed by atoms with Crippen LogP contribution in [0.4, 0.5) is 14.5 Å². The molecule has 0 aliphatic heterocycles. The van der Waals surface area contributed by atoms with E-state index >= 15 is 0 Å². The van der Waals surface area contributed by atoms with Crippen LogP contribution in [0.2, 0.25) is 0 Å². The van der Waals surface area contributed by atoms with Gasteiger partial charge in [-0.05, 0) is 59.5 Å². The van der Waals surface area contributed by atoms with Crippen molar-refractivity contribution in [3.8, 4) is 11.1 Å². The fraction of sp³-hybridized carbons (Fsp3) is 0.257. The average Bonchev–Trinajstić information content (AvgIpc) is 3.46. The van der Waals surface area contributed by atoms with Crippen LogP contribution in [0.25, 0.3) is 38.6 Å². The van der Waals surface area contributed by atoms with Gasteiger partial charge in [-0.1, -0.05) is 36.4 Å². The zero-order valence-electron chi connectivity index (χ0n) is 27.3. The smallest absolute Gasteiger partial charge is 0.278 e. The van der Waals surface area contributed by atoms with Crippen molar-refractivity contribution in [2.45, 2.75) is 19.4 Å². The highest BCUT2D eigenvalue weighted by molar-refractivity contribution is 7.92. The second kappa shape index (κ2) is 13.0. The number of carbonyl (C=O) groups excluding carboxylic acids is 1. The molecule has 3 aromatic carbocycles. The molecule has 0 bridgehead atoms. The normalized spacial score (nSPS) is 15.6. The summed E-state index contributed by atoms with van der Waals surface area (Å²) in [6.45, 7) is 1.78. The Labute approximate surface area is 280 Å². The minimum absolute atomic E-state index is 0.0497. The Kier molecular flexibility index (Phi) is 8.94. The van der Waals surface area contributed by atoms with Crippen molar-refractivity contribution in [1.29, 1.82) is 0 Å². The quantitative estimate of drug-likeness (QED) is 0.211. The number of methoxy groups -OCH3 is 1. The number of fused-ring (bicyclic) bond motifs is 2. The standard InChI is InChI=1S/C35H33F2N5O6S/c1-19-14-22(8-12-27(19)37)33-32(34(43)38-2)26-16-24(29(17-31(26)48-33)41(3)49(5,45)46)21-9-13-28-25(15-21)35(44)42(40-39-28)30(18-47-4)20-6-10-23(36)11-7-20/h6-13,15-17,19,30H,14,18H2,1-5H3,(H,38,43)/t19?,30-/m1/s1. The zero-order valence-corrected chi connectivity index (χ0v) is 28.1. The molecule has 254 valence electrons. The molecule has 0 fully saturated rings. The Morgan fingerprint density at radius 3 is 2.51 bits per heavy atom. The lowest BCUT2D eigenvalue weighted by molar-refractivity contribution is 0.0963. The van der Waals surface area contributed by atoms with E-state index in [1.54, 1.807) is 37.3 Å². The van der Waals surface area contributed by atoms with Crippen molar-refractivity contribution in [2.24, 2.45) is 5.92 Å². The van der Waals surface area contributed by atoms with Crippen LogP contribution in [-0.2, 0) is 14.8 Å². The first kappa shape index (κ1) is 33.7. The second-order valence-electron chi connectivity index (χ2n) is 11.9. The lowest BCUT2D eigenvalue weighted by Crippen LogP contribution is -2.31. The predicted molar refractivity (Wildman–Crippen MR) is 183 cm³/mol. The van der Waals surface area contributed by atoms with Gasteiger partial charge in [-0.15, -0.1) is 5.10 Å². The molecule has 1 aliphatic rings. The fourth-order valence-electron chi connectivity index (χ4n) is 5.96. The summed E-state index contributed by atoms with van der Waals surface area (Å²) >= 11 is 0. The van der Waals surface area contributed by atoms with E-state index in [4.69, 9.17) is 9.15 Å². The minimum Gasteiger partial charge on any atom is -0.455 e. The molecule has 5 aromatic rings. The fourth-order valence-corrected chi connectivity index (χ4v) is 6.47. The Bertz CT molecular complexity index is 2350. The van der Waals surface area contributed by atoms with Crippen molar-refractivity contribution in [3.63, 3.8) is 0 Å². The Morgan fingerprint density at radius 2 is 1.86 bits per heavy atom. The van der Waals surface area contributed by atoms with Crippen LogP contribution in [0, 0.1) is 11.7 Å². The summed E-state index contributed by atoms with van der Waals surface area (Å²) in [5, 5.41) is 11.6. The number of nitrogens with one attached hydrogen (secondary N) is 1. The number of nitrogens with zero attached hydrogens (tertiary/aromatic N) is 4. The van der Waals surface area contributed by atoms with Gasteiger partial charge in [0.15, 0.2) is 0 Å². The third-order valence-corrected chi connectivity index (χ3v) is 9.89. The summed E-state index contributed by atoms with van der Waals surface area (Å²) in [5.41, 5.74) is 2.47. The van der Waals surface area contributed by atoms with E-state index in [0.717, 1.165) is 15.2 Å². The number of aromatic nitrogens is 3. The van der Waals surface area contributed by atoms with Crippen LogP contribution in [0.15, 0.2) is 81.8 Å². The lowest BCUT2D eigenvalue weighted by atomic mass is 9.91. The third kappa shape index (κ3) is 6.24. The number of halogens is 2. The van der Waals surface area contributed by atoms with E-state index in [1.165, 1.54) is 57.6 Å². The van der Waals surface area contributed by atoms with Gasteiger partial charge in [-0.3, -0.25) is 13.9 Å². The second-order valence-corrected chi connectivity index (χ2v) is 13.9. The summed E-state index contributed by atoms with van der Waals surface area (Å²) in [6, 6.07) is 12.9. The molecule has 49 heavy (non-hydrogen) atoms. The maximum Gasteiger partial charge on any atom is 0.278 e. The summed E-state index contributed by atoms with van der Waals surface area (Å²) in [7, 11) is 0.540. The number of sulfonamides is 1. The minimum atomic E-state index is -3.80. The Hall–Kier alpha value is -5.21. The highest BCUT2D eigenvalue weighted by atomic mass is 32.2. The van der Waals surface area contributed by atoms with Crippen LogP contribution < -0.4 is 15.2 Å². The van der Waals surface area contributed by atoms with Gasteiger partial charge in [-0.25, -0.2) is 21.9 Å². The van der Waals surface area contributed by atoms with Crippen LogP contribution in [0.1, 0.15) is 41.1 Å². The molecule has 1 unspecified atom stereocenters. The third-order valence-electron chi connectivity index (χ3n) is 8.70. The van der Waals surface area contributed by atoms with Crippen molar-refractivity contribution in [3.05, 3.63) is 106 Å². The summed E-state index contributed by atoms with van der Waals surface area (Å²) in [6.07, 6.45) is 4.26. The SMILES string of the molecule is CNC(=O)c1c(C2=CC=C(F)C(C)C2)oc2cc(N(C)S(C)(=O)=O)c(-c3ccc4nnn([C@H](COC)c5ccc(F)cc5)c(=O)c4c3)cc12. The number of hydrogen-bond acceptors (Lipinski definition) is 8. The Balaban J connectivity index is 1.59. The maximum atomic E-state index is 14.2. The first-order valence-electron chi connectivity index (χ1n) is 15.3. The molecule has 1 N–H and O–H groups in total. The Morgan fingerprint density at radius 1 is 1.12 bits per heavy atom. The van der Waals surface area contributed by atoms with Gasteiger partial charge in [0.25, 0.3) is 11.5 Å². The lowest BCUT2D eigenvalue weighted by Gasteiger charge is -2.21. The monoisotopic (exact) mass is 689 g/mol. The van der Waals surface area contributed by atoms with Crippen LogP contribution >= 0.6 is 0 Å². The number of allylic oxidation sites excluding steroid dienone is 4. The molecule has 0 spiro atoms. The molecule has 14 heteroatoms. The van der Waals surface area contributed by atoms with Gasteiger partial charge >= 0.3 is 0 Å². The van der Waals surface area contributed by atoms with Gasteiger partial charge in [-0.2, -0.15) is 0 Å². The van der Waals surface area contributed by atoms with Crippen molar-refractivity contribution in [2.75, 3.05) is 38.4 Å². The summed E-state index contributed by atoms with van der Waals surface area (Å²) in [5.74, 6) is -1.35. The number of ether oxygens (including phenoxy) is 1. The highest BCUT2D eigenvalue weighted by Crippen LogP contribution is 2.42. The van der Waals surface area contributed by atoms with Gasteiger partial charge in [0.2, 0.25) is 10.0 Å². The molecule has 1 amide bonds. The van der Waals surface area contributed by atoms with Gasteiger partial charge in [0, 0.05) is 44.1 Å². The highest BCUT2D eigenvalue weighted by Gasteiger charge is 2.29. The van der Waals surface area contributed by atoms with Crippen LogP contribution in [-0.4, -0.2) is 63.4 Å². The molecule has 2 aromatic heterocycles. The molecule has 0 saturated carbocycles. The largest absolute Gasteiger partial charge is 0.455 e. The van der Waals surface area contributed by atoms with E-state index in [2.05, 4.69) is 15.6 Å². The number of benzene rings is 3. The molecular weight excluding hydrogens is 656 g/mol. The summed E-state index contributed by atoms with van der Waals surface area (Å²) < 4.78 is 67.5.